The number of amides is 1. The maximum absolute atomic E-state index is 13.9. The van der Waals surface area contributed by atoms with Gasteiger partial charge in [0.15, 0.2) is 0 Å². The molecule has 4 aromatic rings. The number of nitriles is 1. The molecular formula is C33H32Cl2N6O3. The zero-order valence-electron chi connectivity index (χ0n) is 24.1. The lowest BCUT2D eigenvalue weighted by atomic mass is 9.76. The van der Waals surface area contributed by atoms with E-state index in [9.17, 15) is 15.2 Å². The maximum atomic E-state index is 13.9. The molecule has 1 unspecified atom stereocenters. The predicted octanol–water partition coefficient (Wildman–Crippen LogP) is 6.08. The third-order valence-electron chi connectivity index (χ3n) is 8.62. The Morgan fingerprint density at radius 3 is 2.52 bits per heavy atom. The Morgan fingerprint density at radius 2 is 1.82 bits per heavy atom. The van der Waals surface area contributed by atoms with E-state index in [0.29, 0.717) is 64.1 Å². The molecule has 11 heteroatoms. The van der Waals surface area contributed by atoms with E-state index in [0.717, 1.165) is 43.4 Å². The number of pyridine rings is 3. The van der Waals surface area contributed by atoms with Gasteiger partial charge >= 0.3 is 0 Å². The lowest BCUT2D eigenvalue weighted by molar-refractivity contribution is -0.00882. The van der Waals surface area contributed by atoms with Gasteiger partial charge in [0.1, 0.15) is 18.2 Å². The minimum atomic E-state index is -0.898. The molecule has 44 heavy (non-hydrogen) atoms. The summed E-state index contributed by atoms with van der Waals surface area (Å²) in [5.74, 6) is 0.199. The van der Waals surface area contributed by atoms with Crippen molar-refractivity contribution in [2.75, 3.05) is 26.2 Å². The average Bonchev–Trinajstić information content (AvgIpc) is 3.07. The molecule has 2 saturated heterocycles. The van der Waals surface area contributed by atoms with Crippen LogP contribution in [0.1, 0.15) is 65.6 Å². The highest BCUT2D eigenvalue weighted by Gasteiger charge is 2.39. The molecule has 2 aliphatic rings. The van der Waals surface area contributed by atoms with Crippen molar-refractivity contribution in [3.05, 3.63) is 93.6 Å². The van der Waals surface area contributed by atoms with Crippen molar-refractivity contribution in [2.24, 2.45) is 0 Å². The summed E-state index contributed by atoms with van der Waals surface area (Å²) in [6.07, 6.45) is 8.09. The molecule has 1 aromatic carbocycles. The molecule has 2 fully saturated rings. The molecule has 0 radical (unpaired) electrons. The SMILES string of the molecule is N#CC1(c2ccccn2)CCN(C(=O)c2cc(C(O)N3CCCCC3)c3cc(OCc4ncc(Cl)cc4Cl)ncc3c2)CC1. The fraction of sp³-hybridized carbons (Fsp3) is 0.364. The van der Waals surface area contributed by atoms with Gasteiger partial charge in [0.05, 0.1) is 27.5 Å². The first kappa shape index (κ1) is 30.2. The third kappa shape index (κ3) is 6.21. The number of ether oxygens (including phenoxy) is 1. The second-order valence-corrected chi connectivity index (χ2v) is 12.2. The van der Waals surface area contributed by atoms with Crippen LogP contribution in [0.15, 0.2) is 61.1 Å². The van der Waals surface area contributed by atoms with Crippen LogP contribution >= 0.6 is 23.2 Å². The first-order valence-corrected chi connectivity index (χ1v) is 15.5. The Balaban J connectivity index is 1.28. The Morgan fingerprint density at radius 1 is 1.02 bits per heavy atom. The number of rotatable bonds is 7. The fourth-order valence-corrected chi connectivity index (χ4v) is 6.51. The van der Waals surface area contributed by atoms with Crippen molar-refractivity contribution in [1.82, 2.24) is 24.8 Å². The van der Waals surface area contributed by atoms with Crippen molar-refractivity contribution in [2.45, 2.75) is 50.4 Å². The Hall–Kier alpha value is -3.81. The molecular weight excluding hydrogens is 599 g/mol. The summed E-state index contributed by atoms with van der Waals surface area (Å²) in [5, 5.41) is 24.0. The van der Waals surface area contributed by atoms with E-state index in [1.165, 1.54) is 6.20 Å². The summed E-state index contributed by atoms with van der Waals surface area (Å²) in [6, 6.07) is 15.1. The number of hydrogen-bond acceptors (Lipinski definition) is 8. The second-order valence-electron chi connectivity index (χ2n) is 11.4. The first-order valence-electron chi connectivity index (χ1n) is 14.8. The van der Waals surface area contributed by atoms with Gasteiger partial charge in [0.2, 0.25) is 5.88 Å². The highest BCUT2D eigenvalue weighted by Crippen LogP contribution is 2.36. The van der Waals surface area contributed by atoms with Gasteiger partial charge in [-0.25, -0.2) is 4.98 Å². The summed E-state index contributed by atoms with van der Waals surface area (Å²) in [7, 11) is 0. The summed E-state index contributed by atoms with van der Waals surface area (Å²) in [4.78, 5) is 30.9. The molecule has 1 N–H and O–H groups in total. The van der Waals surface area contributed by atoms with Gasteiger partial charge in [0, 0.05) is 67.3 Å². The highest BCUT2D eigenvalue weighted by atomic mass is 35.5. The number of carbonyl (C=O) groups is 1. The van der Waals surface area contributed by atoms with Crippen LogP contribution < -0.4 is 4.74 Å². The zero-order valence-corrected chi connectivity index (χ0v) is 25.6. The third-order valence-corrected chi connectivity index (χ3v) is 9.15. The molecule has 226 valence electrons. The van der Waals surface area contributed by atoms with Gasteiger partial charge in [-0.15, -0.1) is 0 Å². The van der Waals surface area contributed by atoms with Crippen molar-refractivity contribution < 1.29 is 14.6 Å². The molecule has 1 atom stereocenters. The van der Waals surface area contributed by atoms with E-state index in [-0.39, 0.29) is 12.5 Å². The van der Waals surface area contributed by atoms with Crippen LogP contribution in [0.3, 0.4) is 0 Å². The number of benzene rings is 1. The monoisotopic (exact) mass is 630 g/mol. The molecule has 9 nitrogen and oxygen atoms in total. The maximum Gasteiger partial charge on any atom is 0.253 e. The number of carbonyl (C=O) groups excluding carboxylic acids is 1. The molecule has 0 saturated carbocycles. The number of nitrogens with zero attached hydrogens (tertiary/aromatic N) is 6. The Kier molecular flexibility index (Phi) is 8.96. The summed E-state index contributed by atoms with van der Waals surface area (Å²) < 4.78 is 5.94. The lowest BCUT2D eigenvalue weighted by Crippen LogP contribution is -2.45. The zero-order chi connectivity index (χ0) is 30.7. The van der Waals surface area contributed by atoms with Crippen LogP contribution in [0.4, 0.5) is 0 Å². The van der Waals surface area contributed by atoms with Gasteiger partial charge in [0.25, 0.3) is 5.91 Å². The summed E-state index contributed by atoms with van der Waals surface area (Å²) in [6.45, 7) is 2.49. The topological polar surface area (TPSA) is 115 Å². The molecule has 1 amide bonds. The van der Waals surface area contributed by atoms with Gasteiger partial charge < -0.3 is 14.7 Å². The molecule has 6 rings (SSSR count). The Bertz CT molecular complexity index is 1700. The minimum Gasteiger partial charge on any atom is -0.471 e. The van der Waals surface area contributed by atoms with Gasteiger partial charge in [-0.2, -0.15) is 5.26 Å². The second kappa shape index (κ2) is 13.0. The molecule has 5 heterocycles. The Labute approximate surface area is 266 Å². The van der Waals surface area contributed by atoms with E-state index in [1.807, 2.05) is 29.2 Å². The lowest BCUT2D eigenvalue weighted by Gasteiger charge is -2.37. The number of likely N-dealkylation sites (tertiary alicyclic amines) is 2. The summed E-state index contributed by atoms with van der Waals surface area (Å²) >= 11 is 12.2. The van der Waals surface area contributed by atoms with Crippen molar-refractivity contribution >= 4 is 39.9 Å². The number of fused-ring (bicyclic) bond motifs is 1. The number of aliphatic hydroxyl groups excluding tert-OH is 1. The van der Waals surface area contributed by atoms with Crippen molar-refractivity contribution in [3.63, 3.8) is 0 Å². The van der Waals surface area contributed by atoms with E-state index >= 15 is 0 Å². The number of halogens is 2. The molecule has 0 spiro atoms. The van der Waals surface area contributed by atoms with Crippen LogP contribution in [-0.4, -0.2) is 61.9 Å². The standard InChI is InChI=1S/C33H32Cl2N6O3/c34-24-16-27(35)28(38-19-24)20-44-30-17-25-23(18-39-30)14-22(15-26(25)32(43)40-10-4-1-5-11-40)31(42)41-12-7-33(21-36,8-13-41)29-6-2-3-9-37-29/h2-3,6,9,14-19,32,43H,1,4-5,7-8,10-13,20H2. The van der Waals surface area contributed by atoms with Crippen molar-refractivity contribution in [1.29, 1.82) is 5.26 Å². The molecule has 2 aliphatic heterocycles. The number of hydrogen-bond donors (Lipinski definition) is 1. The molecule has 3 aromatic heterocycles. The van der Waals surface area contributed by atoms with Gasteiger partial charge in [-0.3, -0.25) is 19.7 Å². The van der Waals surface area contributed by atoms with Crippen LogP contribution in [-0.2, 0) is 12.0 Å². The van der Waals surface area contributed by atoms with Crippen molar-refractivity contribution in [3.8, 4) is 11.9 Å². The first-order chi connectivity index (χ1) is 21.4. The quantitative estimate of drug-likeness (QED) is 0.261. The fourth-order valence-electron chi connectivity index (χ4n) is 6.08. The highest BCUT2D eigenvalue weighted by molar-refractivity contribution is 6.34. The number of aliphatic hydroxyl groups is 1. The van der Waals surface area contributed by atoms with Crippen LogP contribution in [0.5, 0.6) is 5.88 Å². The molecule has 0 aliphatic carbocycles. The average molecular weight is 632 g/mol. The summed E-state index contributed by atoms with van der Waals surface area (Å²) in [5.41, 5.74) is 1.64. The largest absolute Gasteiger partial charge is 0.471 e. The minimum absolute atomic E-state index is 0.0900. The smallest absolute Gasteiger partial charge is 0.253 e. The number of piperidine rings is 2. The molecule has 0 bridgehead atoms. The van der Waals surface area contributed by atoms with E-state index in [4.69, 9.17) is 27.9 Å². The van der Waals surface area contributed by atoms with Gasteiger partial charge in [-0.05, 0) is 61.4 Å². The van der Waals surface area contributed by atoms with E-state index < -0.39 is 11.6 Å². The van der Waals surface area contributed by atoms with Gasteiger partial charge in [-0.1, -0.05) is 35.7 Å². The van der Waals surface area contributed by atoms with E-state index in [2.05, 4.69) is 21.0 Å². The predicted molar refractivity (Wildman–Crippen MR) is 167 cm³/mol. The normalized spacial score (nSPS) is 17.6. The number of aromatic nitrogens is 3. The van der Waals surface area contributed by atoms with E-state index in [1.54, 1.807) is 35.5 Å². The van der Waals surface area contributed by atoms with Crippen LogP contribution in [0, 0.1) is 11.3 Å². The van der Waals surface area contributed by atoms with Crippen LogP contribution in [0.25, 0.3) is 10.8 Å². The van der Waals surface area contributed by atoms with Crippen LogP contribution in [0.2, 0.25) is 10.0 Å².